The molecule has 0 amide bonds. The molecule has 3 rings (SSSR count). The Balaban J connectivity index is 1.53. The molecule has 25 heavy (non-hydrogen) atoms. The number of hydrogen-bond donors (Lipinski definition) is 2. The summed E-state index contributed by atoms with van der Waals surface area (Å²) in [6, 6.07) is 3.97. The van der Waals surface area contributed by atoms with Gasteiger partial charge < -0.3 is 20.1 Å². The van der Waals surface area contributed by atoms with Crippen molar-refractivity contribution in [2.75, 3.05) is 26.3 Å². The summed E-state index contributed by atoms with van der Waals surface area (Å²) in [6.07, 6.45) is 6.58. The molecule has 2 fully saturated rings. The van der Waals surface area contributed by atoms with Gasteiger partial charge in [0.05, 0.1) is 18.8 Å². The second kappa shape index (κ2) is 8.52. The van der Waals surface area contributed by atoms with Crippen LogP contribution in [0.1, 0.15) is 45.1 Å². The van der Waals surface area contributed by atoms with E-state index in [4.69, 9.17) is 9.47 Å². The molecule has 1 aromatic heterocycles. The number of pyridine rings is 1. The molecule has 2 aliphatic rings. The summed E-state index contributed by atoms with van der Waals surface area (Å²) in [4.78, 5) is 8.96. The van der Waals surface area contributed by atoms with Crippen molar-refractivity contribution in [1.82, 2.24) is 15.6 Å². The zero-order valence-electron chi connectivity index (χ0n) is 15.4. The number of rotatable bonds is 8. The van der Waals surface area contributed by atoms with E-state index in [1.165, 1.54) is 12.8 Å². The predicted octanol–water partition coefficient (Wildman–Crippen LogP) is 2.49. The van der Waals surface area contributed by atoms with Gasteiger partial charge in [-0.3, -0.25) is 0 Å². The molecule has 2 heterocycles. The van der Waals surface area contributed by atoms with Gasteiger partial charge in [0.25, 0.3) is 0 Å². The van der Waals surface area contributed by atoms with Gasteiger partial charge in [-0.2, -0.15) is 0 Å². The van der Waals surface area contributed by atoms with Crippen molar-refractivity contribution in [3.8, 4) is 5.88 Å². The van der Waals surface area contributed by atoms with Crippen molar-refractivity contribution in [2.45, 2.75) is 51.7 Å². The smallest absolute Gasteiger partial charge is 0.213 e. The fraction of sp³-hybridized carbons (Fsp3) is 0.684. The van der Waals surface area contributed by atoms with Gasteiger partial charge in [-0.25, -0.2) is 9.98 Å². The monoisotopic (exact) mass is 346 g/mol. The summed E-state index contributed by atoms with van der Waals surface area (Å²) >= 11 is 0. The molecule has 1 aliphatic carbocycles. The van der Waals surface area contributed by atoms with E-state index < -0.39 is 0 Å². The Bertz CT molecular complexity index is 581. The lowest BCUT2D eigenvalue weighted by Gasteiger charge is -2.24. The van der Waals surface area contributed by atoms with Gasteiger partial charge in [0, 0.05) is 32.0 Å². The Hall–Kier alpha value is -1.82. The maximum atomic E-state index is 5.83. The minimum absolute atomic E-state index is 0.0866. The Kier molecular flexibility index (Phi) is 6.13. The van der Waals surface area contributed by atoms with E-state index in [1.54, 1.807) is 6.20 Å². The largest absolute Gasteiger partial charge is 0.477 e. The topological polar surface area (TPSA) is 67.8 Å². The van der Waals surface area contributed by atoms with Crippen LogP contribution in [-0.2, 0) is 11.3 Å². The normalized spacial score (nSPS) is 23.5. The van der Waals surface area contributed by atoms with Crippen molar-refractivity contribution in [2.24, 2.45) is 10.9 Å². The molecule has 138 valence electrons. The lowest BCUT2D eigenvalue weighted by Crippen LogP contribution is -2.45. The first-order valence-corrected chi connectivity index (χ1v) is 9.41. The molecule has 0 radical (unpaired) electrons. The Morgan fingerprint density at radius 3 is 3.04 bits per heavy atom. The SMILES string of the molecule is CCNC(=NCc1ccnc(OCC2CC2)c1)NCC1(C)CCCO1. The van der Waals surface area contributed by atoms with Crippen molar-refractivity contribution in [3.05, 3.63) is 23.9 Å². The molecule has 1 aromatic rings. The van der Waals surface area contributed by atoms with Gasteiger partial charge in [0.2, 0.25) is 5.88 Å². The van der Waals surface area contributed by atoms with E-state index in [1.807, 2.05) is 12.1 Å². The summed E-state index contributed by atoms with van der Waals surface area (Å²) < 4.78 is 11.6. The summed E-state index contributed by atoms with van der Waals surface area (Å²) in [5, 5.41) is 6.70. The second-order valence-corrected chi connectivity index (χ2v) is 7.21. The second-order valence-electron chi connectivity index (χ2n) is 7.21. The van der Waals surface area contributed by atoms with Crippen LogP contribution in [0.4, 0.5) is 0 Å². The van der Waals surface area contributed by atoms with E-state index >= 15 is 0 Å². The zero-order chi connectivity index (χ0) is 17.5. The summed E-state index contributed by atoms with van der Waals surface area (Å²) in [7, 11) is 0. The number of guanidine groups is 1. The van der Waals surface area contributed by atoms with Crippen LogP contribution in [0.3, 0.4) is 0 Å². The number of hydrogen-bond acceptors (Lipinski definition) is 4. The third kappa shape index (κ3) is 5.88. The third-order valence-corrected chi connectivity index (χ3v) is 4.66. The molecule has 0 aromatic carbocycles. The van der Waals surface area contributed by atoms with Gasteiger partial charge in [-0.15, -0.1) is 0 Å². The molecule has 1 saturated heterocycles. The third-order valence-electron chi connectivity index (χ3n) is 4.66. The first kappa shape index (κ1) is 18.0. The van der Waals surface area contributed by atoms with E-state index in [0.717, 1.165) is 56.6 Å². The maximum absolute atomic E-state index is 5.83. The van der Waals surface area contributed by atoms with E-state index in [0.29, 0.717) is 12.4 Å². The number of nitrogens with one attached hydrogen (secondary N) is 2. The Morgan fingerprint density at radius 2 is 2.32 bits per heavy atom. The van der Waals surface area contributed by atoms with Gasteiger partial charge in [-0.1, -0.05) is 0 Å². The average Bonchev–Trinajstić information content (AvgIpc) is 3.36. The van der Waals surface area contributed by atoms with Crippen LogP contribution in [-0.4, -0.2) is 42.8 Å². The molecule has 6 heteroatoms. The Morgan fingerprint density at radius 1 is 1.44 bits per heavy atom. The quantitative estimate of drug-likeness (QED) is 0.559. The van der Waals surface area contributed by atoms with Crippen LogP contribution in [0.2, 0.25) is 0 Å². The lowest BCUT2D eigenvalue weighted by atomic mass is 10.0. The predicted molar refractivity (Wildman–Crippen MR) is 98.9 cm³/mol. The summed E-state index contributed by atoms with van der Waals surface area (Å²) in [5.41, 5.74) is 1.01. The number of aliphatic imine (C=N–C) groups is 1. The highest BCUT2D eigenvalue weighted by molar-refractivity contribution is 5.79. The highest BCUT2D eigenvalue weighted by atomic mass is 16.5. The number of aromatic nitrogens is 1. The molecular formula is C19H30N4O2. The molecule has 1 unspecified atom stereocenters. The molecule has 1 aliphatic heterocycles. The first-order chi connectivity index (χ1) is 12.2. The Labute approximate surface area is 150 Å². The van der Waals surface area contributed by atoms with Gasteiger partial charge >= 0.3 is 0 Å². The van der Waals surface area contributed by atoms with Crippen LogP contribution in [0, 0.1) is 5.92 Å². The number of ether oxygens (including phenoxy) is 2. The van der Waals surface area contributed by atoms with Crippen LogP contribution < -0.4 is 15.4 Å². The number of nitrogens with zero attached hydrogens (tertiary/aromatic N) is 2. The van der Waals surface area contributed by atoms with Crippen LogP contribution >= 0.6 is 0 Å². The van der Waals surface area contributed by atoms with Crippen LogP contribution in [0.5, 0.6) is 5.88 Å². The lowest BCUT2D eigenvalue weighted by molar-refractivity contribution is 0.0243. The molecule has 1 saturated carbocycles. The van der Waals surface area contributed by atoms with Crippen molar-refractivity contribution < 1.29 is 9.47 Å². The van der Waals surface area contributed by atoms with Gasteiger partial charge in [0.1, 0.15) is 0 Å². The maximum Gasteiger partial charge on any atom is 0.213 e. The minimum Gasteiger partial charge on any atom is -0.477 e. The van der Waals surface area contributed by atoms with E-state index in [2.05, 4.69) is 34.5 Å². The van der Waals surface area contributed by atoms with Crippen molar-refractivity contribution >= 4 is 5.96 Å². The zero-order valence-corrected chi connectivity index (χ0v) is 15.4. The molecule has 0 bridgehead atoms. The first-order valence-electron chi connectivity index (χ1n) is 9.41. The average molecular weight is 346 g/mol. The highest BCUT2D eigenvalue weighted by Crippen LogP contribution is 2.29. The molecular weight excluding hydrogens is 316 g/mol. The highest BCUT2D eigenvalue weighted by Gasteiger charge is 2.29. The molecule has 2 N–H and O–H groups in total. The fourth-order valence-electron chi connectivity index (χ4n) is 2.87. The van der Waals surface area contributed by atoms with Crippen molar-refractivity contribution in [1.29, 1.82) is 0 Å². The van der Waals surface area contributed by atoms with Crippen LogP contribution in [0.15, 0.2) is 23.3 Å². The summed E-state index contributed by atoms with van der Waals surface area (Å²) in [6.45, 7) is 8.05. The summed E-state index contributed by atoms with van der Waals surface area (Å²) in [5.74, 6) is 2.24. The fourth-order valence-corrected chi connectivity index (χ4v) is 2.87. The molecule has 1 atom stereocenters. The molecule has 6 nitrogen and oxygen atoms in total. The molecule has 0 spiro atoms. The minimum atomic E-state index is -0.0866. The van der Waals surface area contributed by atoms with Crippen LogP contribution in [0.25, 0.3) is 0 Å². The standard InChI is InChI=1S/C19H30N4O2/c1-3-20-18(23-14-19(2)8-4-10-25-19)22-12-16-7-9-21-17(11-16)24-13-15-5-6-15/h7,9,11,15H,3-6,8,10,12-14H2,1-2H3,(H2,20,22,23). The van der Waals surface area contributed by atoms with E-state index in [-0.39, 0.29) is 5.60 Å². The van der Waals surface area contributed by atoms with Gasteiger partial charge in [0.15, 0.2) is 5.96 Å². The van der Waals surface area contributed by atoms with E-state index in [9.17, 15) is 0 Å². The van der Waals surface area contributed by atoms with Gasteiger partial charge in [-0.05, 0) is 57.1 Å². The van der Waals surface area contributed by atoms with Crippen molar-refractivity contribution in [3.63, 3.8) is 0 Å².